The molecule has 0 fully saturated rings. The first-order chi connectivity index (χ1) is 6.65. The second kappa shape index (κ2) is 4.86. The molecule has 0 saturated carbocycles. The van der Waals surface area contributed by atoms with Gasteiger partial charge in [0.05, 0.1) is 5.88 Å². The molecule has 1 rings (SSSR count). The highest BCUT2D eigenvalue weighted by molar-refractivity contribution is 6.17. The lowest BCUT2D eigenvalue weighted by Crippen LogP contribution is -2.23. The Morgan fingerprint density at radius 1 is 1.57 bits per heavy atom. The third-order valence-corrected chi connectivity index (χ3v) is 2.06. The molecule has 0 spiro atoms. The van der Waals surface area contributed by atoms with Crippen LogP contribution in [0.4, 0.5) is 0 Å². The van der Waals surface area contributed by atoms with Crippen LogP contribution in [0.25, 0.3) is 0 Å². The van der Waals surface area contributed by atoms with E-state index in [-0.39, 0.29) is 0 Å². The molecule has 76 valence electrons. The molecule has 0 saturated heterocycles. The Morgan fingerprint density at radius 2 is 2.21 bits per heavy atom. The molecule has 0 aliphatic heterocycles. The van der Waals surface area contributed by atoms with Crippen LogP contribution in [-0.4, -0.2) is 17.2 Å². The first-order valence-corrected chi connectivity index (χ1v) is 4.72. The largest absolute Gasteiger partial charge is 0.479 e. The molecule has 14 heavy (non-hydrogen) atoms. The minimum absolute atomic E-state index is 0.308. The van der Waals surface area contributed by atoms with Crippen LogP contribution in [0, 0.1) is 0 Å². The van der Waals surface area contributed by atoms with E-state index < -0.39 is 12.1 Å². The van der Waals surface area contributed by atoms with Crippen molar-refractivity contribution >= 4 is 17.6 Å². The van der Waals surface area contributed by atoms with Crippen molar-refractivity contribution in [2.45, 2.75) is 18.9 Å². The molecule has 3 nitrogen and oxygen atoms in total. The first kappa shape index (κ1) is 10.9. The number of benzene rings is 1. The summed E-state index contributed by atoms with van der Waals surface area (Å²) in [5.74, 6) is -0.158. The predicted molar refractivity (Wildman–Crippen MR) is 53.7 cm³/mol. The molecule has 1 aromatic rings. The fraction of sp³-hybridized carbons (Fsp3) is 0.300. The minimum atomic E-state index is -0.991. The second-order valence-corrected chi connectivity index (χ2v) is 3.11. The van der Waals surface area contributed by atoms with E-state index >= 15 is 0 Å². The summed E-state index contributed by atoms with van der Waals surface area (Å²) in [4.78, 5) is 10.5. The van der Waals surface area contributed by atoms with E-state index in [0.717, 1.165) is 5.56 Å². The van der Waals surface area contributed by atoms with Gasteiger partial charge in [0.2, 0.25) is 0 Å². The monoisotopic (exact) mass is 214 g/mol. The third-order valence-electron chi connectivity index (χ3n) is 1.77. The molecule has 0 heterocycles. The molecule has 1 aromatic carbocycles. The Balaban J connectivity index is 2.80. The average molecular weight is 215 g/mol. The molecule has 0 bridgehead atoms. The predicted octanol–water partition coefficient (Wildman–Crippen LogP) is 2.28. The first-order valence-electron chi connectivity index (χ1n) is 4.18. The van der Waals surface area contributed by atoms with Gasteiger partial charge in [-0.25, -0.2) is 4.79 Å². The lowest BCUT2D eigenvalue weighted by atomic mass is 10.2. The Labute approximate surface area is 87.3 Å². The van der Waals surface area contributed by atoms with Gasteiger partial charge in [-0.15, -0.1) is 11.6 Å². The molecule has 0 radical (unpaired) electrons. The van der Waals surface area contributed by atoms with Gasteiger partial charge in [-0.3, -0.25) is 0 Å². The van der Waals surface area contributed by atoms with Crippen molar-refractivity contribution in [2.75, 3.05) is 0 Å². The van der Waals surface area contributed by atoms with Gasteiger partial charge < -0.3 is 9.84 Å². The van der Waals surface area contributed by atoms with Gasteiger partial charge in [0.25, 0.3) is 0 Å². The summed E-state index contributed by atoms with van der Waals surface area (Å²) in [5.41, 5.74) is 0.794. The van der Waals surface area contributed by atoms with Gasteiger partial charge in [0.1, 0.15) is 5.75 Å². The van der Waals surface area contributed by atoms with Crippen LogP contribution in [0.15, 0.2) is 24.3 Å². The van der Waals surface area contributed by atoms with E-state index in [2.05, 4.69) is 0 Å². The van der Waals surface area contributed by atoms with Crippen LogP contribution < -0.4 is 4.74 Å². The van der Waals surface area contributed by atoms with Gasteiger partial charge in [-0.1, -0.05) is 18.2 Å². The highest BCUT2D eigenvalue weighted by Crippen LogP contribution is 2.20. The molecule has 1 atom stereocenters. The van der Waals surface area contributed by atoms with Gasteiger partial charge in [0.15, 0.2) is 6.10 Å². The molecular weight excluding hydrogens is 204 g/mol. The summed E-state index contributed by atoms with van der Waals surface area (Å²) >= 11 is 5.67. The number of ether oxygens (including phenoxy) is 1. The SMILES string of the molecule is C[C@@H](Oc1ccccc1CCl)C(=O)O. The van der Waals surface area contributed by atoms with E-state index in [9.17, 15) is 4.79 Å². The van der Waals surface area contributed by atoms with E-state index in [0.29, 0.717) is 11.6 Å². The highest BCUT2D eigenvalue weighted by Gasteiger charge is 2.13. The number of carboxylic acids is 1. The lowest BCUT2D eigenvalue weighted by Gasteiger charge is -2.12. The van der Waals surface area contributed by atoms with Gasteiger partial charge in [-0.2, -0.15) is 0 Å². The van der Waals surface area contributed by atoms with Crippen molar-refractivity contribution in [3.63, 3.8) is 0 Å². The molecule has 0 amide bonds. The van der Waals surface area contributed by atoms with Crippen LogP contribution in [0.3, 0.4) is 0 Å². The maximum Gasteiger partial charge on any atom is 0.344 e. The van der Waals surface area contributed by atoms with Crippen molar-refractivity contribution in [1.82, 2.24) is 0 Å². The zero-order valence-electron chi connectivity index (χ0n) is 7.74. The summed E-state index contributed by atoms with van der Waals surface area (Å²) in [6.45, 7) is 1.48. The zero-order chi connectivity index (χ0) is 10.6. The molecular formula is C10H11ClO3. The molecule has 1 N–H and O–H groups in total. The van der Waals surface area contributed by atoms with E-state index in [1.54, 1.807) is 18.2 Å². The maximum absolute atomic E-state index is 10.5. The second-order valence-electron chi connectivity index (χ2n) is 2.84. The lowest BCUT2D eigenvalue weighted by molar-refractivity contribution is -0.144. The topological polar surface area (TPSA) is 46.5 Å². The Kier molecular flexibility index (Phi) is 3.77. The van der Waals surface area contributed by atoms with Crippen molar-refractivity contribution in [1.29, 1.82) is 0 Å². The number of carboxylic acid groups (broad SMARTS) is 1. The number of aliphatic carboxylic acids is 1. The fourth-order valence-corrected chi connectivity index (χ4v) is 1.19. The summed E-state index contributed by atoms with van der Waals surface area (Å²) in [6.07, 6.45) is -0.862. The van der Waals surface area contributed by atoms with Gasteiger partial charge in [0, 0.05) is 5.56 Å². The Morgan fingerprint density at radius 3 is 2.79 bits per heavy atom. The number of hydrogen-bond donors (Lipinski definition) is 1. The van der Waals surface area contributed by atoms with Crippen LogP contribution in [-0.2, 0) is 10.7 Å². The summed E-state index contributed by atoms with van der Waals surface area (Å²) in [7, 11) is 0. The number of rotatable bonds is 4. The summed E-state index contributed by atoms with van der Waals surface area (Å²) in [6, 6.07) is 7.12. The summed E-state index contributed by atoms with van der Waals surface area (Å²) < 4.78 is 5.21. The summed E-state index contributed by atoms with van der Waals surface area (Å²) in [5, 5.41) is 8.65. The van der Waals surface area contributed by atoms with E-state index in [1.807, 2.05) is 6.07 Å². The number of hydrogen-bond acceptors (Lipinski definition) is 2. The van der Waals surface area contributed by atoms with E-state index in [1.165, 1.54) is 6.92 Å². The fourth-order valence-electron chi connectivity index (χ4n) is 0.970. The van der Waals surface area contributed by atoms with Gasteiger partial charge >= 0.3 is 5.97 Å². The highest BCUT2D eigenvalue weighted by atomic mass is 35.5. The van der Waals surface area contributed by atoms with E-state index in [4.69, 9.17) is 21.4 Å². The number of para-hydroxylation sites is 1. The quantitative estimate of drug-likeness (QED) is 0.783. The van der Waals surface area contributed by atoms with Crippen LogP contribution in [0.2, 0.25) is 0 Å². The van der Waals surface area contributed by atoms with Crippen molar-refractivity contribution in [2.24, 2.45) is 0 Å². The molecule has 4 heteroatoms. The standard InChI is InChI=1S/C10H11ClO3/c1-7(10(12)13)14-9-5-3-2-4-8(9)6-11/h2-5,7H,6H2,1H3,(H,12,13)/t7-/m1/s1. The molecule has 0 aliphatic rings. The van der Waals surface area contributed by atoms with Gasteiger partial charge in [-0.05, 0) is 13.0 Å². The smallest absolute Gasteiger partial charge is 0.344 e. The normalized spacial score (nSPS) is 12.1. The van der Waals surface area contributed by atoms with Crippen molar-refractivity contribution < 1.29 is 14.6 Å². The molecule has 0 unspecified atom stereocenters. The Bertz CT molecular complexity index is 325. The number of alkyl halides is 1. The molecule has 0 aromatic heterocycles. The zero-order valence-corrected chi connectivity index (χ0v) is 8.49. The number of halogens is 1. The third kappa shape index (κ3) is 2.64. The Hall–Kier alpha value is -1.22. The molecule has 0 aliphatic carbocycles. The van der Waals surface area contributed by atoms with Crippen LogP contribution in [0.5, 0.6) is 5.75 Å². The minimum Gasteiger partial charge on any atom is -0.479 e. The van der Waals surface area contributed by atoms with Crippen LogP contribution >= 0.6 is 11.6 Å². The van der Waals surface area contributed by atoms with Crippen LogP contribution in [0.1, 0.15) is 12.5 Å². The number of carbonyl (C=O) groups is 1. The van der Waals surface area contributed by atoms with Crippen molar-refractivity contribution in [3.8, 4) is 5.75 Å². The average Bonchev–Trinajstić information content (AvgIpc) is 2.18. The van der Waals surface area contributed by atoms with Crippen molar-refractivity contribution in [3.05, 3.63) is 29.8 Å². The maximum atomic E-state index is 10.5.